The van der Waals surface area contributed by atoms with Crippen molar-refractivity contribution in [3.8, 4) is 5.75 Å². The van der Waals surface area contributed by atoms with Gasteiger partial charge in [0.2, 0.25) is 0 Å². The van der Waals surface area contributed by atoms with Gasteiger partial charge in [-0.15, -0.1) is 0 Å². The van der Waals surface area contributed by atoms with Crippen LogP contribution in [0.25, 0.3) is 0 Å². The SMILES string of the molecule is CCNC(CCS(C)(=O)=O)c1ccc(OC(F)F)cc1. The van der Waals surface area contributed by atoms with Crippen LogP contribution >= 0.6 is 0 Å². The van der Waals surface area contributed by atoms with E-state index in [1.165, 1.54) is 18.4 Å². The van der Waals surface area contributed by atoms with E-state index in [2.05, 4.69) is 10.1 Å². The zero-order valence-electron chi connectivity index (χ0n) is 11.5. The van der Waals surface area contributed by atoms with Crippen molar-refractivity contribution in [2.24, 2.45) is 0 Å². The minimum atomic E-state index is -3.03. The van der Waals surface area contributed by atoms with E-state index in [9.17, 15) is 17.2 Å². The first kappa shape index (κ1) is 16.8. The Kier molecular flexibility index (Phi) is 6.35. The van der Waals surface area contributed by atoms with Crippen LogP contribution in [0.4, 0.5) is 8.78 Å². The van der Waals surface area contributed by atoms with Crippen LogP contribution in [0.1, 0.15) is 24.9 Å². The molecule has 0 amide bonds. The number of benzene rings is 1. The van der Waals surface area contributed by atoms with E-state index in [1.807, 2.05) is 6.92 Å². The van der Waals surface area contributed by atoms with E-state index < -0.39 is 16.4 Å². The molecule has 0 aliphatic carbocycles. The molecule has 7 heteroatoms. The van der Waals surface area contributed by atoms with Gasteiger partial charge in [-0.3, -0.25) is 0 Å². The lowest BCUT2D eigenvalue weighted by molar-refractivity contribution is -0.0498. The van der Waals surface area contributed by atoms with Crippen LogP contribution in [0, 0.1) is 0 Å². The maximum Gasteiger partial charge on any atom is 0.387 e. The third kappa shape index (κ3) is 6.29. The van der Waals surface area contributed by atoms with Gasteiger partial charge in [0.15, 0.2) is 0 Å². The standard InChI is InChI=1S/C13H19F2NO3S/c1-3-16-12(8-9-20(2,17)18)10-4-6-11(7-5-10)19-13(14)15/h4-7,12-13,16H,3,8-9H2,1-2H3. The molecule has 0 bridgehead atoms. The smallest absolute Gasteiger partial charge is 0.387 e. The maximum absolute atomic E-state index is 12.1. The number of hydrogen-bond acceptors (Lipinski definition) is 4. The van der Waals surface area contributed by atoms with Crippen molar-refractivity contribution in [3.05, 3.63) is 29.8 Å². The number of sulfone groups is 1. The van der Waals surface area contributed by atoms with Gasteiger partial charge in [0.05, 0.1) is 5.75 Å². The highest BCUT2D eigenvalue weighted by Gasteiger charge is 2.14. The summed E-state index contributed by atoms with van der Waals surface area (Å²) < 4.78 is 50.8. The summed E-state index contributed by atoms with van der Waals surface area (Å²) in [6, 6.07) is 6.09. The molecule has 20 heavy (non-hydrogen) atoms. The van der Waals surface area contributed by atoms with E-state index in [1.54, 1.807) is 12.1 Å². The van der Waals surface area contributed by atoms with Gasteiger partial charge in [0.1, 0.15) is 15.6 Å². The van der Waals surface area contributed by atoms with Crippen LogP contribution in [-0.2, 0) is 9.84 Å². The van der Waals surface area contributed by atoms with Gasteiger partial charge < -0.3 is 10.1 Å². The molecule has 0 radical (unpaired) electrons. The minimum Gasteiger partial charge on any atom is -0.435 e. The zero-order chi connectivity index (χ0) is 15.2. The number of rotatable bonds is 8. The van der Waals surface area contributed by atoms with Gasteiger partial charge in [-0.1, -0.05) is 19.1 Å². The molecule has 0 saturated heterocycles. The van der Waals surface area contributed by atoms with Crippen LogP contribution in [0.15, 0.2) is 24.3 Å². The maximum atomic E-state index is 12.1. The molecule has 0 saturated carbocycles. The third-order valence-electron chi connectivity index (χ3n) is 2.74. The zero-order valence-corrected chi connectivity index (χ0v) is 12.3. The average Bonchev–Trinajstić information content (AvgIpc) is 2.34. The second-order valence-corrected chi connectivity index (χ2v) is 6.74. The number of halogens is 2. The van der Waals surface area contributed by atoms with Crippen molar-refractivity contribution in [1.29, 1.82) is 0 Å². The molecule has 4 nitrogen and oxygen atoms in total. The quantitative estimate of drug-likeness (QED) is 0.801. The highest BCUT2D eigenvalue weighted by atomic mass is 32.2. The third-order valence-corrected chi connectivity index (χ3v) is 3.71. The number of hydrogen-bond donors (Lipinski definition) is 1. The molecule has 0 fully saturated rings. The molecule has 0 heterocycles. The summed E-state index contributed by atoms with van der Waals surface area (Å²) in [6.07, 6.45) is 1.62. The van der Waals surface area contributed by atoms with Gasteiger partial charge in [-0.25, -0.2) is 8.42 Å². The van der Waals surface area contributed by atoms with Crippen molar-refractivity contribution >= 4 is 9.84 Å². The van der Waals surface area contributed by atoms with Gasteiger partial charge in [-0.2, -0.15) is 8.78 Å². The topological polar surface area (TPSA) is 55.4 Å². The molecule has 0 spiro atoms. The fraction of sp³-hybridized carbons (Fsp3) is 0.538. The van der Waals surface area contributed by atoms with Gasteiger partial charge in [0.25, 0.3) is 0 Å². The molecular formula is C13H19F2NO3S. The van der Waals surface area contributed by atoms with Gasteiger partial charge in [-0.05, 0) is 30.7 Å². The monoisotopic (exact) mass is 307 g/mol. The van der Waals surface area contributed by atoms with E-state index >= 15 is 0 Å². The Hall–Kier alpha value is -1.21. The summed E-state index contributed by atoms with van der Waals surface area (Å²) in [6.45, 7) is -0.249. The number of ether oxygens (including phenoxy) is 1. The Morgan fingerprint density at radius 3 is 2.30 bits per heavy atom. The largest absolute Gasteiger partial charge is 0.435 e. The number of alkyl halides is 2. The van der Waals surface area contributed by atoms with Crippen molar-refractivity contribution in [2.75, 3.05) is 18.6 Å². The lowest BCUT2D eigenvalue weighted by Gasteiger charge is -2.18. The Bertz CT molecular complexity index is 503. The average molecular weight is 307 g/mol. The molecule has 0 aliphatic heterocycles. The molecule has 1 aromatic rings. The second kappa shape index (κ2) is 7.54. The molecule has 1 aromatic carbocycles. The lowest BCUT2D eigenvalue weighted by Crippen LogP contribution is -2.23. The van der Waals surface area contributed by atoms with Crippen molar-refractivity contribution in [2.45, 2.75) is 26.0 Å². The van der Waals surface area contributed by atoms with E-state index in [0.29, 0.717) is 13.0 Å². The normalized spacial score (nSPS) is 13.4. The summed E-state index contributed by atoms with van der Waals surface area (Å²) in [5.41, 5.74) is 0.845. The summed E-state index contributed by atoms with van der Waals surface area (Å²) in [5.74, 6) is 0.155. The summed E-state index contributed by atoms with van der Waals surface area (Å²) in [7, 11) is -3.03. The molecule has 1 N–H and O–H groups in total. The molecule has 1 atom stereocenters. The fourth-order valence-corrected chi connectivity index (χ4v) is 2.51. The van der Waals surface area contributed by atoms with Gasteiger partial charge >= 0.3 is 6.61 Å². The highest BCUT2D eigenvalue weighted by molar-refractivity contribution is 7.90. The van der Waals surface area contributed by atoms with Crippen LogP contribution < -0.4 is 10.1 Å². The van der Waals surface area contributed by atoms with Crippen molar-refractivity contribution < 1.29 is 21.9 Å². The summed E-state index contributed by atoms with van der Waals surface area (Å²) >= 11 is 0. The minimum absolute atomic E-state index is 0.0694. The van der Waals surface area contributed by atoms with E-state index in [-0.39, 0.29) is 17.5 Å². The predicted molar refractivity (Wildman–Crippen MR) is 73.8 cm³/mol. The Morgan fingerprint density at radius 1 is 1.25 bits per heavy atom. The van der Waals surface area contributed by atoms with E-state index in [4.69, 9.17) is 0 Å². The second-order valence-electron chi connectivity index (χ2n) is 4.48. The van der Waals surface area contributed by atoms with E-state index in [0.717, 1.165) is 5.56 Å². The van der Waals surface area contributed by atoms with Crippen molar-refractivity contribution in [1.82, 2.24) is 5.32 Å². The summed E-state index contributed by atoms with van der Waals surface area (Å²) in [4.78, 5) is 0. The van der Waals surface area contributed by atoms with Crippen LogP contribution in [-0.4, -0.2) is 33.6 Å². The summed E-state index contributed by atoms with van der Waals surface area (Å²) in [5, 5.41) is 3.18. The van der Waals surface area contributed by atoms with Crippen molar-refractivity contribution in [3.63, 3.8) is 0 Å². The van der Waals surface area contributed by atoms with Gasteiger partial charge in [0, 0.05) is 12.3 Å². The molecular weight excluding hydrogens is 288 g/mol. The molecule has 0 aliphatic rings. The van der Waals surface area contributed by atoms with Crippen LogP contribution in [0.5, 0.6) is 5.75 Å². The molecule has 0 aromatic heterocycles. The van der Waals surface area contributed by atoms with Crippen LogP contribution in [0.3, 0.4) is 0 Å². The highest BCUT2D eigenvalue weighted by Crippen LogP contribution is 2.21. The first-order chi connectivity index (χ1) is 9.31. The Labute approximate surface area is 118 Å². The molecule has 114 valence electrons. The number of nitrogens with one attached hydrogen (secondary N) is 1. The molecule has 1 unspecified atom stereocenters. The Balaban J connectivity index is 2.75. The lowest BCUT2D eigenvalue weighted by atomic mass is 10.0. The first-order valence-corrected chi connectivity index (χ1v) is 8.33. The van der Waals surface area contributed by atoms with Crippen LogP contribution in [0.2, 0.25) is 0 Å². The fourth-order valence-electron chi connectivity index (χ4n) is 1.85. The first-order valence-electron chi connectivity index (χ1n) is 6.27. The Morgan fingerprint density at radius 2 is 1.85 bits per heavy atom. The predicted octanol–water partition coefficient (Wildman–Crippen LogP) is 2.37. The molecule has 1 rings (SSSR count).